The molecule has 0 amide bonds. The standard InChI is InChI=1S/C15H31N5O3S/c1-11(14(2,3)4)23-10-12(9-13-16-18-19-17-13)20(15(5,6)7)24(8,21)22/h11-12H,9-10H2,1-8H3,(H,16,17,18,19). The van der Waals surface area contributed by atoms with Gasteiger partial charge in [0, 0.05) is 12.0 Å². The van der Waals surface area contributed by atoms with Crippen molar-refractivity contribution in [2.75, 3.05) is 12.9 Å². The van der Waals surface area contributed by atoms with Gasteiger partial charge in [-0.2, -0.15) is 9.52 Å². The summed E-state index contributed by atoms with van der Waals surface area (Å²) in [6.07, 6.45) is 1.53. The molecule has 1 aromatic heterocycles. The van der Waals surface area contributed by atoms with E-state index in [9.17, 15) is 8.42 Å². The molecule has 1 rings (SSSR count). The predicted octanol–water partition coefficient (Wildman–Crippen LogP) is 1.62. The maximum atomic E-state index is 12.4. The molecule has 0 aromatic carbocycles. The molecule has 0 saturated heterocycles. The minimum atomic E-state index is -3.44. The lowest BCUT2D eigenvalue weighted by Crippen LogP contribution is -2.54. The first-order valence-corrected chi connectivity index (χ1v) is 9.91. The molecule has 0 bridgehead atoms. The van der Waals surface area contributed by atoms with Crippen molar-refractivity contribution in [3.8, 4) is 0 Å². The molecule has 0 fully saturated rings. The van der Waals surface area contributed by atoms with Gasteiger partial charge >= 0.3 is 0 Å². The van der Waals surface area contributed by atoms with E-state index in [-0.39, 0.29) is 18.1 Å². The van der Waals surface area contributed by atoms with Crippen LogP contribution in [0.15, 0.2) is 0 Å². The molecule has 0 radical (unpaired) electrons. The van der Waals surface area contributed by atoms with Crippen LogP contribution in [0.2, 0.25) is 0 Å². The van der Waals surface area contributed by atoms with Crippen LogP contribution < -0.4 is 0 Å². The molecule has 140 valence electrons. The Hall–Kier alpha value is -1.06. The maximum Gasteiger partial charge on any atom is 0.212 e. The normalized spacial score (nSPS) is 16.4. The molecule has 0 aliphatic heterocycles. The molecule has 0 aliphatic carbocycles. The molecule has 2 unspecified atom stereocenters. The van der Waals surface area contributed by atoms with Crippen LogP contribution in [0.4, 0.5) is 0 Å². The van der Waals surface area contributed by atoms with Crippen LogP contribution in [0.1, 0.15) is 54.3 Å². The third-order valence-electron chi connectivity index (χ3n) is 3.92. The van der Waals surface area contributed by atoms with Crippen LogP contribution in [0.5, 0.6) is 0 Å². The summed E-state index contributed by atoms with van der Waals surface area (Å²) in [7, 11) is -3.44. The number of aromatic amines is 1. The Balaban J connectivity index is 3.07. The topological polar surface area (TPSA) is 101 Å². The van der Waals surface area contributed by atoms with Crippen LogP contribution in [0, 0.1) is 5.41 Å². The zero-order valence-electron chi connectivity index (χ0n) is 16.0. The van der Waals surface area contributed by atoms with E-state index in [4.69, 9.17) is 4.74 Å². The first-order chi connectivity index (χ1) is 10.7. The first kappa shape index (κ1) is 21.0. The van der Waals surface area contributed by atoms with Gasteiger partial charge in [0.2, 0.25) is 10.0 Å². The van der Waals surface area contributed by atoms with Crippen molar-refractivity contribution in [3.63, 3.8) is 0 Å². The quantitative estimate of drug-likeness (QED) is 0.792. The summed E-state index contributed by atoms with van der Waals surface area (Å²) in [6, 6.07) is -0.414. The average molecular weight is 362 g/mol. The second-order valence-corrected chi connectivity index (χ2v) is 10.1. The fraction of sp³-hybridized carbons (Fsp3) is 0.933. The van der Waals surface area contributed by atoms with Crippen molar-refractivity contribution in [2.45, 2.75) is 72.6 Å². The number of nitrogens with zero attached hydrogens (tertiary/aromatic N) is 4. The molecular formula is C15H31N5O3S. The number of hydrogen-bond donors (Lipinski definition) is 1. The average Bonchev–Trinajstić information content (AvgIpc) is 2.83. The highest BCUT2D eigenvalue weighted by atomic mass is 32.2. The lowest BCUT2D eigenvalue weighted by atomic mass is 9.90. The van der Waals surface area contributed by atoms with E-state index >= 15 is 0 Å². The van der Waals surface area contributed by atoms with Crippen LogP contribution in [-0.4, -0.2) is 63.9 Å². The van der Waals surface area contributed by atoms with E-state index in [1.54, 1.807) is 0 Å². The number of aromatic nitrogens is 4. The number of rotatable bonds is 7. The van der Waals surface area contributed by atoms with Gasteiger partial charge in [-0.25, -0.2) is 8.42 Å². The number of ether oxygens (including phenoxy) is 1. The SMILES string of the molecule is CC(OCC(Cc1nn[nH]n1)N(C(C)(C)C)S(C)(=O)=O)C(C)(C)C. The molecule has 24 heavy (non-hydrogen) atoms. The molecule has 1 heterocycles. The van der Waals surface area contributed by atoms with E-state index in [1.165, 1.54) is 10.6 Å². The Morgan fingerprint density at radius 2 is 1.79 bits per heavy atom. The van der Waals surface area contributed by atoms with Gasteiger partial charge in [0.1, 0.15) is 0 Å². The molecule has 0 spiro atoms. The number of sulfonamides is 1. The summed E-state index contributed by atoms with van der Waals surface area (Å²) in [5.41, 5.74) is -0.620. The zero-order chi connectivity index (χ0) is 18.8. The van der Waals surface area contributed by atoms with Gasteiger partial charge < -0.3 is 4.74 Å². The van der Waals surface area contributed by atoms with Gasteiger partial charge in [-0.05, 0) is 33.1 Å². The lowest BCUT2D eigenvalue weighted by Gasteiger charge is -2.40. The van der Waals surface area contributed by atoms with Gasteiger partial charge in [0.15, 0.2) is 5.82 Å². The Morgan fingerprint density at radius 1 is 1.21 bits per heavy atom. The second-order valence-electron chi connectivity index (χ2n) is 8.26. The van der Waals surface area contributed by atoms with Crippen LogP contribution in [-0.2, 0) is 21.2 Å². The van der Waals surface area contributed by atoms with Crippen LogP contribution >= 0.6 is 0 Å². The largest absolute Gasteiger partial charge is 0.376 e. The van der Waals surface area contributed by atoms with Gasteiger partial charge in [-0.1, -0.05) is 26.0 Å². The summed E-state index contributed by atoms with van der Waals surface area (Å²) in [5, 5.41) is 13.9. The highest BCUT2D eigenvalue weighted by Gasteiger charge is 2.37. The monoisotopic (exact) mass is 361 g/mol. The van der Waals surface area contributed by atoms with E-state index in [1.807, 2.05) is 27.7 Å². The molecule has 2 atom stereocenters. The highest BCUT2D eigenvalue weighted by Crippen LogP contribution is 2.26. The van der Waals surface area contributed by atoms with Crippen molar-refractivity contribution in [1.29, 1.82) is 0 Å². The Labute approximate surface area is 145 Å². The summed E-state index contributed by atoms with van der Waals surface area (Å²) in [4.78, 5) is 0. The van der Waals surface area contributed by atoms with E-state index in [2.05, 4.69) is 41.4 Å². The first-order valence-electron chi connectivity index (χ1n) is 8.06. The number of H-pyrrole nitrogens is 1. The van der Waals surface area contributed by atoms with E-state index < -0.39 is 21.6 Å². The molecule has 0 saturated carbocycles. The van der Waals surface area contributed by atoms with Gasteiger partial charge in [-0.3, -0.25) is 0 Å². The third kappa shape index (κ3) is 6.10. The fourth-order valence-electron chi connectivity index (χ4n) is 2.51. The summed E-state index contributed by atoms with van der Waals surface area (Å²) >= 11 is 0. The molecule has 0 aliphatic rings. The van der Waals surface area contributed by atoms with Crippen molar-refractivity contribution in [1.82, 2.24) is 24.9 Å². The van der Waals surface area contributed by atoms with Gasteiger partial charge in [-0.15, -0.1) is 10.2 Å². The second kappa shape index (κ2) is 7.45. The van der Waals surface area contributed by atoms with Crippen LogP contribution in [0.3, 0.4) is 0 Å². The number of tetrazole rings is 1. The third-order valence-corrected chi connectivity index (χ3v) is 5.48. The summed E-state index contributed by atoms with van der Waals surface area (Å²) in [5.74, 6) is 0.463. The number of hydrogen-bond acceptors (Lipinski definition) is 6. The molecular weight excluding hydrogens is 330 g/mol. The predicted molar refractivity (Wildman–Crippen MR) is 93.0 cm³/mol. The Bertz CT molecular complexity index is 602. The molecule has 8 nitrogen and oxygen atoms in total. The minimum absolute atomic E-state index is 0.0216. The van der Waals surface area contributed by atoms with Crippen molar-refractivity contribution in [2.24, 2.45) is 5.41 Å². The maximum absolute atomic E-state index is 12.4. The zero-order valence-corrected chi connectivity index (χ0v) is 16.8. The van der Waals surface area contributed by atoms with Gasteiger partial charge in [0.05, 0.1) is 25.0 Å². The smallest absolute Gasteiger partial charge is 0.212 e. The molecule has 9 heteroatoms. The van der Waals surface area contributed by atoms with Crippen LogP contribution in [0.25, 0.3) is 0 Å². The van der Waals surface area contributed by atoms with E-state index in [0.717, 1.165) is 0 Å². The highest BCUT2D eigenvalue weighted by molar-refractivity contribution is 7.88. The molecule has 1 aromatic rings. The lowest BCUT2D eigenvalue weighted by molar-refractivity contribution is -0.0310. The fourth-order valence-corrected chi connectivity index (χ4v) is 4.18. The van der Waals surface area contributed by atoms with Crippen molar-refractivity contribution >= 4 is 10.0 Å². The van der Waals surface area contributed by atoms with Gasteiger partial charge in [0.25, 0.3) is 0 Å². The summed E-state index contributed by atoms with van der Waals surface area (Å²) < 4.78 is 32.3. The van der Waals surface area contributed by atoms with Crippen molar-refractivity contribution < 1.29 is 13.2 Å². The summed E-state index contributed by atoms with van der Waals surface area (Å²) in [6.45, 7) is 14.1. The number of nitrogens with one attached hydrogen (secondary N) is 1. The molecule has 1 N–H and O–H groups in total. The Kier molecular flexibility index (Phi) is 6.51. The minimum Gasteiger partial charge on any atom is -0.376 e. The van der Waals surface area contributed by atoms with E-state index in [0.29, 0.717) is 12.2 Å². The van der Waals surface area contributed by atoms with Crippen molar-refractivity contribution in [3.05, 3.63) is 5.82 Å². The Morgan fingerprint density at radius 3 is 2.17 bits per heavy atom.